The van der Waals surface area contributed by atoms with Crippen molar-refractivity contribution in [2.75, 3.05) is 5.32 Å². The summed E-state index contributed by atoms with van der Waals surface area (Å²) in [6.45, 7) is 0.119. The predicted molar refractivity (Wildman–Crippen MR) is 113 cm³/mol. The van der Waals surface area contributed by atoms with Gasteiger partial charge in [0.05, 0.1) is 33.9 Å². The van der Waals surface area contributed by atoms with Crippen LogP contribution < -0.4 is 10.9 Å². The maximum atomic E-state index is 13.1. The number of aromatic nitrogens is 4. The van der Waals surface area contributed by atoms with Gasteiger partial charge in [-0.15, -0.1) is 0 Å². The van der Waals surface area contributed by atoms with E-state index in [-0.39, 0.29) is 35.3 Å². The minimum atomic E-state index is -0.372. The molecule has 30 heavy (non-hydrogen) atoms. The number of nitrogens with one attached hydrogen (secondary N) is 1. The number of hydrogen-bond donors (Lipinski definition) is 1. The van der Waals surface area contributed by atoms with Crippen LogP contribution in [0.15, 0.2) is 59.8 Å². The summed E-state index contributed by atoms with van der Waals surface area (Å²) in [4.78, 5) is 29.3. The van der Waals surface area contributed by atoms with E-state index in [1.54, 1.807) is 30.3 Å². The standard InChI is InChI=1S/C20H14Cl2FN5O2/c21-15-2-1-3-16(18(15)22)26-17(29)8-9-27-11-24-19-14(20(27)30)10-25-28(19)13-6-4-12(23)5-7-13/h1-7,10-11H,8-9H2,(H,26,29). The molecule has 10 heteroatoms. The summed E-state index contributed by atoms with van der Waals surface area (Å²) in [6, 6.07) is 10.6. The number of rotatable bonds is 5. The molecule has 1 amide bonds. The molecule has 0 aliphatic carbocycles. The number of halogens is 3. The Bertz CT molecular complexity index is 1300. The molecule has 1 N–H and O–H groups in total. The van der Waals surface area contributed by atoms with E-state index in [0.717, 1.165) is 0 Å². The molecule has 2 aromatic heterocycles. The molecule has 0 atom stereocenters. The Balaban J connectivity index is 1.52. The Hall–Kier alpha value is -3.23. The summed E-state index contributed by atoms with van der Waals surface area (Å²) < 4.78 is 15.9. The van der Waals surface area contributed by atoms with Gasteiger partial charge in [0, 0.05) is 13.0 Å². The third kappa shape index (κ3) is 3.92. The van der Waals surface area contributed by atoms with E-state index in [4.69, 9.17) is 23.2 Å². The van der Waals surface area contributed by atoms with Crippen molar-refractivity contribution >= 4 is 45.8 Å². The molecule has 0 fully saturated rings. The van der Waals surface area contributed by atoms with Crippen molar-refractivity contribution in [2.24, 2.45) is 0 Å². The number of amides is 1. The molecule has 0 saturated carbocycles. The van der Waals surface area contributed by atoms with E-state index in [2.05, 4.69) is 15.4 Å². The van der Waals surface area contributed by atoms with Gasteiger partial charge in [-0.1, -0.05) is 29.3 Å². The van der Waals surface area contributed by atoms with Crippen molar-refractivity contribution in [3.05, 3.63) is 81.2 Å². The van der Waals surface area contributed by atoms with Crippen LogP contribution in [0.25, 0.3) is 16.7 Å². The van der Waals surface area contributed by atoms with Gasteiger partial charge in [-0.2, -0.15) is 5.10 Å². The summed E-state index contributed by atoms with van der Waals surface area (Å²) in [6.07, 6.45) is 2.78. The monoisotopic (exact) mass is 445 g/mol. The fraction of sp³-hybridized carbons (Fsp3) is 0.100. The summed E-state index contributed by atoms with van der Waals surface area (Å²) in [5, 5.41) is 7.72. The van der Waals surface area contributed by atoms with Gasteiger partial charge in [0.25, 0.3) is 5.56 Å². The number of benzene rings is 2. The maximum Gasteiger partial charge on any atom is 0.264 e. The van der Waals surface area contributed by atoms with Crippen LogP contribution in [-0.2, 0) is 11.3 Å². The number of fused-ring (bicyclic) bond motifs is 1. The van der Waals surface area contributed by atoms with E-state index in [0.29, 0.717) is 27.4 Å². The number of aryl methyl sites for hydroxylation is 1. The van der Waals surface area contributed by atoms with Crippen molar-refractivity contribution < 1.29 is 9.18 Å². The molecule has 2 aromatic carbocycles. The molecule has 4 rings (SSSR count). The van der Waals surface area contributed by atoms with Crippen LogP contribution in [0.1, 0.15) is 6.42 Å². The first-order chi connectivity index (χ1) is 14.4. The van der Waals surface area contributed by atoms with Gasteiger partial charge in [-0.25, -0.2) is 14.1 Å². The van der Waals surface area contributed by atoms with Crippen molar-refractivity contribution in [2.45, 2.75) is 13.0 Å². The number of carbonyl (C=O) groups is 1. The summed E-state index contributed by atoms with van der Waals surface area (Å²) in [5.74, 6) is -0.698. The lowest BCUT2D eigenvalue weighted by Gasteiger charge is -2.09. The van der Waals surface area contributed by atoms with Gasteiger partial charge in [0.15, 0.2) is 5.65 Å². The lowest BCUT2D eigenvalue weighted by Crippen LogP contribution is -2.23. The highest BCUT2D eigenvalue weighted by molar-refractivity contribution is 6.43. The van der Waals surface area contributed by atoms with Crippen molar-refractivity contribution in [1.82, 2.24) is 19.3 Å². The predicted octanol–water partition coefficient (Wildman–Crippen LogP) is 4.06. The SMILES string of the molecule is O=C(CCn1cnc2c(cnn2-c2ccc(F)cc2)c1=O)Nc1cccc(Cl)c1Cl. The normalized spacial score (nSPS) is 11.0. The highest BCUT2D eigenvalue weighted by atomic mass is 35.5. The van der Waals surface area contributed by atoms with Crippen LogP contribution in [0, 0.1) is 5.82 Å². The molecule has 7 nitrogen and oxygen atoms in total. The smallest absolute Gasteiger partial charge is 0.264 e. The van der Waals surface area contributed by atoms with E-state index >= 15 is 0 Å². The average molecular weight is 446 g/mol. The van der Waals surface area contributed by atoms with E-state index in [1.807, 2.05) is 0 Å². The molecule has 0 bridgehead atoms. The Labute approximate surface area is 179 Å². The largest absolute Gasteiger partial charge is 0.325 e. The number of hydrogen-bond acceptors (Lipinski definition) is 4. The molecule has 0 spiro atoms. The van der Waals surface area contributed by atoms with Crippen LogP contribution in [0.4, 0.5) is 10.1 Å². The molecule has 0 unspecified atom stereocenters. The molecular weight excluding hydrogens is 432 g/mol. The lowest BCUT2D eigenvalue weighted by atomic mass is 10.3. The number of anilines is 1. The zero-order chi connectivity index (χ0) is 21.3. The van der Waals surface area contributed by atoms with E-state index in [1.165, 1.54) is 33.9 Å². The first kappa shape index (κ1) is 20.1. The minimum Gasteiger partial charge on any atom is -0.325 e. The van der Waals surface area contributed by atoms with Gasteiger partial charge in [-0.3, -0.25) is 14.2 Å². The minimum absolute atomic E-state index is 0.0298. The molecule has 0 aliphatic rings. The number of nitrogens with zero attached hydrogens (tertiary/aromatic N) is 4. The van der Waals surface area contributed by atoms with Gasteiger partial charge in [0.1, 0.15) is 11.2 Å². The summed E-state index contributed by atoms with van der Waals surface area (Å²) in [5.41, 5.74) is 0.990. The average Bonchev–Trinajstić information content (AvgIpc) is 3.16. The molecule has 0 aliphatic heterocycles. The Morgan fingerprint density at radius 1 is 1.13 bits per heavy atom. The second-order valence-electron chi connectivity index (χ2n) is 6.41. The second-order valence-corrected chi connectivity index (χ2v) is 7.20. The van der Waals surface area contributed by atoms with Crippen LogP contribution >= 0.6 is 23.2 Å². The fourth-order valence-corrected chi connectivity index (χ4v) is 3.26. The van der Waals surface area contributed by atoms with Crippen LogP contribution in [-0.4, -0.2) is 25.2 Å². The molecule has 152 valence electrons. The highest BCUT2D eigenvalue weighted by Gasteiger charge is 2.13. The molecule has 4 aromatic rings. The Morgan fingerprint density at radius 2 is 1.90 bits per heavy atom. The van der Waals surface area contributed by atoms with Crippen molar-refractivity contribution in [3.8, 4) is 5.69 Å². The van der Waals surface area contributed by atoms with Crippen LogP contribution in [0.5, 0.6) is 0 Å². The second kappa shape index (κ2) is 8.25. The number of carbonyl (C=O) groups excluding carboxylic acids is 1. The van der Waals surface area contributed by atoms with Gasteiger partial charge >= 0.3 is 0 Å². The van der Waals surface area contributed by atoms with Crippen LogP contribution in [0.3, 0.4) is 0 Å². The van der Waals surface area contributed by atoms with Gasteiger partial charge < -0.3 is 5.32 Å². The molecule has 2 heterocycles. The first-order valence-corrected chi connectivity index (χ1v) is 9.62. The van der Waals surface area contributed by atoms with E-state index < -0.39 is 0 Å². The quantitative estimate of drug-likeness (QED) is 0.502. The zero-order valence-electron chi connectivity index (χ0n) is 15.3. The van der Waals surface area contributed by atoms with Crippen LogP contribution in [0.2, 0.25) is 10.0 Å². The zero-order valence-corrected chi connectivity index (χ0v) is 16.9. The van der Waals surface area contributed by atoms with Gasteiger partial charge in [-0.05, 0) is 36.4 Å². The third-order valence-corrected chi connectivity index (χ3v) is 5.25. The van der Waals surface area contributed by atoms with Crippen molar-refractivity contribution in [1.29, 1.82) is 0 Å². The third-order valence-electron chi connectivity index (χ3n) is 4.43. The maximum absolute atomic E-state index is 13.1. The lowest BCUT2D eigenvalue weighted by molar-refractivity contribution is -0.116. The van der Waals surface area contributed by atoms with E-state index in [9.17, 15) is 14.0 Å². The Kier molecular flexibility index (Phi) is 5.52. The summed E-state index contributed by atoms with van der Waals surface area (Å²) >= 11 is 12.0. The van der Waals surface area contributed by atoms with Gasteiger partial charge in [0.2, 0.25) is 5.91 Å². The fourth-order valence-electron chi connectivity index (χ4n) is 2.91. The molecule has 0 saturated heterocycles. The topological polar surface area (TPSA) is 81.8 Å². The molecule has 0 radical (unpaired) electrons. The Morgan fingerprint density at radius 3 is 2.67 bits per heavy atom. The first-order valence-electron chi connectivity index (χ1n) is 8.87. The summed E-state index contributed by atoms with van der Waals surface area (Å²) in [7, 11) is 0. The molecular formula is C20H14Cl2FN5O2. The van der Waals surface area contributed by atoms with Crippen molar-refractivity contribution in [3.63, 3.8) is 0 Å². The highest BCUT2D eigenvalue weighted by Crippen LogP contribution is 2.29.